The number of para-hydroxylation sites is 1. The van der Waals surface area contributed by atoms with Crippen molar-refractivity contribution in [3.8, 4) is 0 Å². The van der Waals surface area contributed by atoms with E-state index in [2.05, 4.69) is 5.32 Å². The van der Waals surface area contributed by atoms with Crippen LogP contribution in [0.5, 0.6) is 0 Å². The van der Waals surface area contributed by atoms with Gasteiger partial charge < -0.3 is 10.4 Å². The maximum atomic E-state index is 12.5. The van der Waals surface area contributed by atoms with Gasteiger partial charge in [-0.1, -0.05) is 31.0 Å². The molecule has 2 amide bonds. The molecule has 0 bridgehead atoms. The van der Waals surface area contributed by atoms with Gasteiger partial charge in [0.25, 0.3) is 0 Å². The Hall–Kier alpha value is -2.04. The minimum absolute atomic E-state index is 0.0135. The van der Waals surface area contributed by atoms with Gasteiger partial charge in [-0.15, -0.1) is 0 Å². The standard InChI is InChI=1S/C16H22N2O3/c1-12-7-3-4-8-13(12)18(2)15(21)17-16(11-14(19)20)9-5-6-10-16/h3-4,7-8H,5-6,9-11H2,1-2H3,(H,17,21)(H,19,20). The second kappa shape index (κ2) is 6.16. The molecule has 1 aliphatic carbocycles. The van der Waals surface area contributed by atoms with Gasteiger partial charge in [-0.05, 0) is 31.4 Å². The monoisotopic (exact) mass is 290 g/mol. The molecule has 21 heavy (non-hydrogen) atoms. The number of amides is 2. The molecular weight excluding hydrogens is 268 g/mol. The molecule has 1 aromatic rings. The lowest BCUT2D eigenvalue weighted by atomic mass is 9.93. The summed E-state index contributed by atoms with van der Waals surface area (Å²) >= 11 is 0. The third-order valence-corrected chi connectivity index (χ3v) is 4.20. The number of nitrogens with zero attached hydrogens (tertiary/aromatic N) is 1. The highest BCUT2D eigenvalue weighted by atomic mass is 16.4. The molecule has 2 rings (SSSR count). The summed E-state index contributed by atoms with van der Waals surface area (Å²) in [7, 11) is 1.71. The quantitative estimate of drug-likeness (QED) is 0.895. The number of rotatable bonds is 4. The van der Waals surface area contributed by atoms with Gasteiger partial charge in [0.1, 0.15) is 0 Å². The smallest absolute Gasteiger partial charge is 0.322 e. The molecule has 0 aliphatic heterocycles. The van der Waals surface area contributed by atoms with Gasteiger partial charge in [-0.2, -0.15) is 0 Å². The van der Waals surface area contributed by atoms with Crippen molar-refractivity contribution in [1.29, 1.82) is 0 Å². The van der Waals surface area contributed by atoms with Gasteiger partial charge in [-0.3, -0.25) is 9.69 Å². The molecule has 0 radical (unpaired) electrons. The van der Waals surface area contributed by atoms with Crippen LogP contribution < -0.4 is 10.2 Å². The van der Waals surface area contributed by atoms with E-state index in [9.17, 15) is 9.59 Å². The Morgan fingerprint density at radius 3 is 2.48 bits per heavy atom. The minimum atomic E-state index is -0.865. The Bertz CT molecular complexity index is 536. The van der Waals surface area contributed by atoms with Crippen LogP contribution in [0.3, 0.4) is 0 Å². The number of nitrogens with one attached hydrogen (secondary N) is 1. The largest absolute Gasteiger partial charge is 0.481 e. The normalized spacial score (nSPS) is 16.5. The Morgan fingerprint density at radius 2 is 1.90 bits per heavy atom. The second-order valence-corrected chi connectivity index (χ2v) is 5.83. The first-order valence-corrected chi connectivity index (χ1v) is 7.27. The molecule has 0 saturated heterocycles. The minimum Gasteiger partial charge on any atom is -0.481 e. The van der Waals surface area contributed by atoms with Crippen molar-refractivity contribution in [2.24, 2.45) is 0 Å². The first-order chi connectivity index (χ1) is 9.93. The van der Waals surface area contributed by atoms with E-state index in [-0.39, 0.29) is 12.5 Å². The second-order valence-electron chi connectivity index (χ2n) is 5.83. The number of carbonyl (C=O) groups is 2. The van der Waals surface area contributed by atoms with Crippen LogP contribution in [0.2, 0.25) is 0 Å². The third kappa shape index (κ3) is 3.54. The summed E-state index contributed by atoms with van der Waals surface area (Å²) in [5, 5.41) is 12.0. The summed E-state index contributed by atoms with van der Waals surface area (Å²) in [6, 6.07) is 7.39. The van der Waals surface area contributed by atoms with Crippen molar-refractivity contribution in [1.82, 2.24) is 5.32 Å². The fourth-order valence-corrected chi connectivity index (χ4v) is 3.05. The molecule has 0 atom stereocenters. The van der Waals surface area contributed by atoms with Crippen LogP contribution in [-0.4, -0.2) is 29.7 Å². The summed E-state index contributed by atoms with van der Waals surface area (Å²) in [4.78, 5) is 25.1. The molecule has 0 heterocycles. The number of hydrogen-bond acceptors (Lipinski definition) is 2. The van der Waals surface area contributed by atoms with Crippen LogP contribution in [0.25, 0.3) is 0 Å². The average Bonchev–Trinajstić information content (AvgIpc) is 2.85. The summed E-state index contributed by atoms with van der Waals surface area (Å²) in [6.45, 7) is 1.95. The molecule has 0 spiro atoms. The van der Waals surface area contributed by atoms with Gasteiger partial charge in [0, 0.05) is 12.7 Å². The number of urea groups is 1. The van der Waals surface area contributed by atoms with Crippen LogP contribution in [0.1, 0.15) is 37.7 Å². The summed E-state index contributed by atoms with van der Waals surface area (Å²) in [5.41, 5.74) is 1.24. The first-order valence-electron chi connectivity index (χ1n) is 7.27. The molecular formula is C16H22N2O3. The SMILES string of the molecule is Cc1ccccc1N(C)C(=O)NC1(CC(=O)O)CCCC1. The van der Waals surface area contributed by atoms with E-state index in [1.54, 1.807) is 11.9 Å². The predicted molar refractivity (Wildman–Crippen MR) is 81.6 cm³/mol. The number of anilines is 1. The first kappa shape index (κ1) is 15.4. The van der Waals surface area contributed by atoms with Gasteiger partial charge in [0.15, 0.2) is 0 Å². The van der Waals surface area contributed by atoms with Gasteiger partial charge >= 0.3 is 12.0 Å². The van der Waals surface area contributed by atoms with E-state index in [4.69, 9.17) is 5.11 Å². The fraction of sp³-hybridized carbons (Fsp3) is 0.500. The zero-order valence-corrected chi connectivity index (χ0v) is 12.6. The maximum Gasteiger partial charge on any atom is 0.322 e. The number of aliphatic carboxylic acids is 1. The maximum absolute atomic E-state index is 12.5. The average molecular weight is 290 g/mol. The Morgan fingerprint density at radius 1 is 1.29 bits per heavy atom. The van der Waals surface area contributed by atoms with E-state index in [0.717, 1.165) is 36.9 Å². The van der Waals surface area contributed by atoms with E-state index in [1.165, 1.54) is 0 Å². The highest BCUT2D eigenvalue weighted by Gasteiger charge is 2.38. The molecule has 114 valence electrons. The lowest BCUT2D eigenvalue weighted by molar-refractivity contribution is -0.138. The number of benzene rings is 1. The lowest BCUT2D eigenvalue weighted by Gasteiger charge is -2.31. The van der Waals surface area contributed by atoms with Crippen LogP contribution >= 0.6 is 0 Å². The Balaban J connectivity index is 2.12. The topological polar surface area (TPSA) is 69.6 Å². The zero-order chi connectivity index (χ0) is 15.5. The van der Waals surface area contributed by atoms with Crippen molar-refractivity contribution in [2.75, 3.05) is 11.9 Å². The highest BCUT2D eigenvalue weighted by Crippen LogP contribution is 2.33. The van der Waals surface area contributed by atoms with Gasteiger partial charge in [-0.25, -0.2) is 4.79 Å². The number of carboxylic acid groups (broad SMARTS) is 1. The molecule has 0 aromatic heterocycles. The molecule has 1 saturated carbocycles. The van der Waals surface area contributed by atoms with Crippen LogP contribution in [0.4, 0.5) is 10.5 Å². The molecule has 1 fully saturated rings. The number of carbonyl (C=O) groups excluding carboxylic acids is 1. The van der Waals surface area contributed by atoms with Crippen molar-refractivity contribution in [3.05, 3.63) is 29.8 Å². The predicted octanol–water partition coefficient (Wildman–Crippen LogP) is 2.93. The molecule has 5 heteroatoms. The van der Waals surface area contributed by atoms with Crippen LogP contribution in [-0.2, 0) is 4.79 Å². The molecule has 1 aliphatic rings. The van der Waals surface area contributed by atoms with Crippen molar-refractivity contribution >= 4 is 17.7 Å². The van der Waals surface area contributed by atoms with E-state index in [1.807, 2.05) is 31.2 Å². The zero-order valence-electron chi connectivity index (χ0n) is 12.6. The van der Waals surface area contributed by atoms with Crippen molar-refractivity contribution in [3.63, 3.8) is 0 Å². The number of carboxylic acids is 1. The molecule has 1 aromatic carbocycles. The molecule has 0 unspecified atom stereocenters. The Labute approximate surface area is 125 Å². The van der Waals surface area contributed by atoms with Crippen molar-refractivity contribution < 1.29 is 14.7 Å². The Kier molecular flexibility index (Phi) is 4.50. The highest BCUT2D eigenvalue weighted by molar-refractivity contribution is 5.93. The lowest BCUT2D eigenvalue weighted by Crippen LogP contribution is -2.52. The van der Waals surface area contributed by atoms with Gasteiger partial charge in [0.05, 0.1) is 12.0 Å². The fourth-order valence-electron chi connectivity index (χ4n) is 3.05. The number of hydrogen-bond donors (Lipinski definition) is 2. The number of aryl methyl sites for hydroxylation is 1. The summed E-state index contributed by atoms with van der Waals surface area (Å²) in [6.07, 6.45) is 3.36. The third-order valence-electron chi connectivity index (χ3n) is 4.20. The van der Waals surface area contributed by atoms with E-state index >= 15 is 0 Å². The van der Waals surface area contributed by atoms with E-state index in [0.29, 0.717) is 0 Å². The summed E-state index contributed by atoms with van der Waals surface area (Å²) < 4.78 is 0. The van der Waals surface area contributed by atoms with E-state index < -0.39 is 11.5 Å². The van der Waals surface area contributed by atoms with Crippen LogP contribution in [0.15, 0.2) is 24.3 Å². The molecule has 2 N–H and O–H groups in total. The summed E-state index contributed by atoms with van der Waals surface area (Å²) in [5.74, 6) is -0.865. The molecule has 5 nitrogen and oxygen atoms in total. The van der Waals surface area contributed by atoms with Crippen molar-refractivity contribution in [2.45, 2.75) is 44.6 Å². The van der Waals surface area contributed by atoms with Crippen LogP contribution in [0, 0.1) is 6.92 Å². The van der Waals surface area contributed by atoms with Gasteiger partial charge in [0.2, 0.25) is 0 Å².